The first-order valence-corrected chi connectivity index (χ1v) is 11.3. The molecular weight excluding hydrogens is 497 g/mol. The first-order valence-electron chi connectivity index (χ1n) is 11.3. The van der Waals surface area contributed by atoms with Gasteiger partial charge in [0.15, 0.2) is 5.60 Å². The van der Waals surface area contributed by atoms with Gasteiger partial charge in [-0.1, -0.05) is 18.2 Å². The molecular formula is C28H16FNO8. The van der Waals surface area contributed by atoms with E-state index in [0.29, 0.717) is 33.8 Å². The van der Waals surface area contributed by atoms with Crippen molar-refractivity contribution in [2.45, 2.75) is 5.60 Å². The molecule has 9 nitrogen and oxygen atoms in total. The van der Waals surface area contributed by atoms with Crippen LogP contribution in [0, 0.1) is 15.9 Å². The van der Waals surface area contributed by atoms with Crippen LogP contribution in [-0.2, 0) is 10.3 Å². The Labute approximate surface area is 214 Å². The van der Waals surface area contributed by atoms with Gasteiger partial charge in [-0.2, -0.15) is 0 Å². The van der Waals surface area contributed by atoms with E-state index >= 15 is 0 Å². The maximum Gasteiger partial charge on any atom is 0.346 e. The number of nitrogens with zero attached hydrogens (tertiary/aromatic N) is 1. The lowest BCUT2D eigenvalue weighted by Crippen LogP contribution is -2.33. The molecule has 4 aromatic rings. The topological polar surface area (TPSA) is 114 Å². The van der Waals surface area contributed by atoms with Gasteiger partial charge in [-0.05, 0) is 36.4 Å². The van der Waals surface area contributed by atoms with Gasteiger partial charge in [-0.25, -0.2) is 14.0 Å². The number of benzene rings is 4. The van der Waals surface area contributed by atoms with E-state index in [9.17, 15) is 24.1 Å². The fraction of sp³-hybridized carbons (Fsp3) is 0.0714. The summed E-state index contributed by atoms with van der Waals surface area (Å²) in [5, 5.41) is 11.1. The van der Waals surface area contributed by atoms with Crippen LogP contribution in [0.5, 0.6) is 23.0 Å². The number of nitro groups is 1. The molecule has 0 aliphatic carbocycles. The summed E-state index contributed by atoms with van der Waals surface area (Å²) in [6.45, 7) is 0. The van der Waals surface area contributed by atoms with E-state index in [4.69, 9.17) is 18.9 Å². The molecule has 0 fully saturated rings. The van der Waals surface area contributed by atoms with Gasteiger partial charge in [-0.3, -0.25) is 10.1 Å². The van der Waals surface area contributed by atoms with Gasteiger partial charge in [-0.15, -0.1) is 0 Å². The summed E-state index contributed by atoms with van der Waals surface area (Å²) in [6.07, 6.45) is 0. The van der Waals surface area contributed by atoms with Gasteiger partial charge in [0.2, 0.25) is 0 Å². The second-order valence-electron chi connectivity index (χ2n) is 8.55. The largest absolute Gasteiger partial charge is 0.497 e. The number of carbonyl (C=O) groups excluding carboxylic acids is 2. The number of esters is 2. The zero-order valence-corrected chi connectivity index (χ0v) is 19.6. The van der Waals surface area contributed by atoms with Crippen LogP contribution in [0.25, 0.3) is 0 Å². The second-order valence-corrected chi connectivity index (χ2v) is 8.55. The number of fused-ring (bicyclic) bond motifs is 6. The van der Waals surface area contributed by atoms with Crippen LogP contribution < -0.4 is 14.2 Å². The smallest absolute Gasteiger partial charge is 0.346 e. The molecule has 0 saturated heterocycles. The molecule has 0 bridgehead atoms. The van der Waals surface area contributed by atoms with Crippen molar-refractivity contribution in [2.24, 2.45) is 0 Å². The normalized spacial score (nSPS) is 16.5. The van der Waals surface area contributed by atoms with Crippen LogP contribution in [0.2, 0.25) is 0 Å². The van der Waals surface area contributed by atoms with Crippen molar-refractivity contribution in [1.29, 1.82) is 0 Å². The quantitative estimate of drug-likeness (QED) is 0.151. The zero-order valence-electron chi connectivity index (χ0n) is 19.6. The van der Waals surface area contributed by atoms with E-state index in [0.717, 1.165) is 18.2 Å². The van der Waals surface area contributed by atoms with Crippen LogP contribution in [0.4, 0.5) is 10.1 Å². The summed E-state index contributed by atoms with van der Waals surface area (Å²) in [6, 6.07) is 19.1. The number of non-ortho nitro benzene ring substituents is 1. The lowest BCUT2D eigenvalue weighted by Gasteiger charge is -2.36. The van der Waals surface area contributed by atoms with Gasteiger partial charge >= 0.3 is 11.9 Å². The van der Waals surface area contributed by atoms with E-state index in [2.05, 4.69) is 0 Å². The average Bonchev–Trinajstić information content (AvgIpc) is 3.21. The Hall–Kier alpha value is -5.25. The number of carbonyl (C=O) groups is 2. The molecule has 0 amide bonds. The van der Waals surface area contributed by atoms with E-state index in [-0.39, 0.29) is 11.5 Å². The highest BCUT2D eigenvalue weighted by molar-refractivity contribution is 5.97. The van der Waals surface area contributed by atoms with Gasteiger partial charge in [0.1, 0.15) is 34.4 Å². The van der Waals surface area contributed by atoms with Gasteiger partial charge < -0.3 is 18.9 Å². The van der Waals surface area contributed by atoms with Crippen molar-refractivity contribution >= 4 is 17.6 Å². The van der Waals surface area contributed by atoms with Crippen molar-refractivity contribution in [3.05, 3.63) is 123 Å². The minimum atomic E-state index is -1.34. The Bertz CT molecular complexity index is 1680. The van der Waals surface area contributed by atoms with Crippen LogP contribution in [-0.4, -0.2) is 24.0 Å². The molecule has 2 aliphatic heterocycles. The van der Waals surface area contributed by atoms with Gasteiger partial charge in [0, 0.05) is 41.0 Å². The maximum atomic E-state index is 14.3. The Morgan fingerprint density at radius 3 is 2.32 bits per heavy atom. The van der Waals surface area contributed by atoms with Crippen molar-refractivity contribution in [2.75, 3.05) is 7.11 Å². The summed E-state index contributed by atoms with van der Waals surface area (Å²) < 4.78 is 37.1. The Morgan fingerprint density at radius 2 is 1.61 bits per heavy atom. The van der Waals surface area contributed by atoms with Gasteiger partial charge in [0.25, 0.3) is 5.69 Å². The number of nitro benzene ring substituents is 1. The molecule has 6 rings (SSSR count). The molecule has 10 heteroatoms. The Kier molecular flexibility index (Phi) is 5.13. The zero-order chi connectivity index (χ0) is 26.6. The van der Waals surface area contributed by atoms with Gasteiger partial charge in [0.05, 0.1) is 17.6 Å². The monoisotopic (exact) mass is 513 g/mol. The third kappa shape index (κ3) is 3.38. The predicted molar refractivity (Wildman–Crippen MR) is 129 cm³/mol. The molecule has 0 radical (unpaired) electrons. The molecule has 2 aliphatic rings. The predicted octanol–water partition coefficient (Wildman–Crippen LogP) is 5.53. The van der Waals surface area contributed by atoms with Crippen molar-refractivity contribution in [3.8, 4) is 23.0 Å². The Balaban J connectivity index is 1.46. The van der Waals surface area contributed by atoms with Crippen LogP contribution in [0.3, 0.4) is 0 Å². The summed E-state index contributed by atoms with van der Waals surface area (Å²) >= 11 is 0. The first kappa shape index (κ1) is 23.2. The molecule has 188 valence electrons. The molecule has 1 atom stereocenters. The summed E-state index contributed by atoms with van der Waals surface area (Å²) in [4.78, 5) is 35.9. The molecule has 0 unspecified atom stereocenters. The van der Waals surface area contributed by atoms with E-state index < -0.39 is 39.5 Å². The fourth-order valence-electron chi connectivity index (χ4n) is 4.77. The van der Waals surface area contributed by atoms with E-state index in [1.54, 1.807) is 48.5 Å². The summed E-state index contributed by atoms with van der Waals surface area (Å²) in [7, 11) is 1.50. The van der Waals surface area contributed by atoms with Crippen molar-refractivity contribution in [3.63, 3.8) is 0 Å². The average molecular weight is 513 g/mol. The van der Waals surface area contributed by atoms with E-state index in [1.165, 1.54) is 19.2 Å². The first-order chi connectivity index (χ1) is 18.3. The third-order valence-corrected chi connectivity index (χ3v) is 6.48. The highest BCUT2D eigenvalue weighted by atomic mass is 19.1. The fourth-order valence-corrected chi connectivity index (χ4v) is 4.77. The molecule has 0 N–H and O–H groups in total. The van der Waals surface area contributed by atoms with E-state index in [1.807, 2.05) is 0 Å². The molecule has 1 spiro atoms. The summed E-state index contributed by atoms with van der Waals surface area (Å²) in [5.74, 6) is -1.54. The SMILES string of the molecule is COc1ccc2c(c1)Oc1cc(OC(=O)c3cc([N+](=O)[O-])ccc3F)ccc1[C@@]21OC(=O)c2ccccc21. The number of hydrogen-bond donors (Lipinski definition) is 0. The highest BCUT2D eigenvalue weighted by Crippen LogP contribution is 2.57. The number of rotatable bonds is 4. The lowest BCUT2D eigenvalue weighted by atomic mass is 9.77. The number of halogens is 1. The number of hydrogen-bond acceptors (Lipinski definition) is 8. The number of methoxy groups -OCH3 is 1. The molecule has 2 heterocycles. The minimum absolute atomic E-state index is 0.0150. The number of ether oxygens (including phenoxy) is 4. The lowest BCUT2D eigenvalue weighted by molar-refractivity contribution is -0.384. The Morgan fingerprint density at radius 1 is 0.921 bits per heavy atom. The standard InChI is InChI=1S/C28H16FNO8/c1-35-16-7-9-21-24(13-16)37-25-14-17(36-26(31)19-12-15(30(33)34)6-11-23(19)29)8-10-22(25)28(21)20-5-3-2-4-18(20)27(32)38-28/h2-14H,1H3/t28-/m0/s1. The van der Waals surface area contributed by atoms with Crippen LogP contribution in [0.15, 0.2) is 78.9 Å². The van der Waals surface area contributed by atoms with Crippen molar-refractivity contribution < 1.29 is 37.9 Å². The molecule has 0 aromatic heterocycles. The van der Waals surface area contributed by atoms with Crippen molar-refractivity contribution in [1.82, 2.24) is 0 Å². The third-order valence-electron chi connectivity index (χ3n) is 6.48. The van der Waals surface area contributed by atoms with Crippen LogP contribution in [0.1, 0.15) is 37.4 Å². The maximum absolute atomic E-state index is 14.3. The second kappa shape index (κ2) is 8.41. The summed E-state index contributed by atoms with van der Waals surface area (Å²) in [5.41, 5.74) is -0.313. The van der Waals surface area contributed by atoms with Crippen LogP contribution >= 0.6 is 0 Å². The molecule has 0 saturated carbocycles. The molecule has 38 heavy (non-hydrogen) atoms. The highest BCUT2D eigenvalue weighted by Gasteiger charge is 2.53. The molecule has 4 aromatic carbocycles. The minimum Gasteiger partial charge on any atom is -0.497 e.